The molecule has 1 aromatic carbocycles. The Labute approximate surface area is 120 Å². The van der Waals surface area contributed by atoms with Gasteiger partial charge in [-0.2, -0.15) is 4.31 Å². The van der Waals surface area contributed by atoms with Crippen LogP contribution >= 0.6 is 0 Å². The number of nitrogens with zero attached hydrogens (tertiary/aromatic N) is 1. The molecule has 1 aromatic rings. The highest BCUT2D eigenvalue weighted by atomic mass is 32.2. The highest BCUT2D eigenvalue weighted by molar-refractivity contribution is 7.89. The van der Waals surface area contributed by atoms with Gasteiger partial charge in [0.25, 0.3) is 0 Å². The van der Waals surface area contributed by atoms with Crippen molar-refractivity contribution in [1.82, 2.24) is 4.31 Å². The highest BCUT2D eigenvalue weighted by Gasteiger charge is 2.32. The summed E-state index contributed by atoms with van der Waals surface area (Å²) in [5, 5.41) is 0. The molecule has 0 aromatic heterocycles. The largest absolute Gasteiger partial charge is 0.495 e. The molecular formula is C14H22N2O3S. The van der Waals surface area contributed by atoms with Gasteiger partial charge in [-0.05, 0) is 37.5 Å². The number of nitrogens with two attached hydrogens (primary N) is 1. The Balaban J connectivity index is 2.36. The monoisotopic (exact) mass is 298 g/mol. The molecule has 0 aliphatic carbocycles. The van der Waals surface area contributed by atoms with Gasteiger partial charge in [0.15, 0.2) is 0 Å². The number of rotatable bonds is 4. The summed E-state index contributed by atoms with van der Waals surface area (Å²) in [4.78, 5) is 0.246. The molecule has 1 aliphatic rings. The van der Waals surface area contributed by atoms with Gasteiger partial charge in [-0.3, -0.25) is 0 Å². The second-order valence-electron chi connectivity index (χ2n) is 5.08. The molecule has 1 aliphatic heterocycles. The number of sulfonamides is 1. The predicted molar refractivity (Wildman–Crippen MR) is 79.2 cm³/mol. The molecule has 112 valence electrons. The van der Waals surface area contributed by atoms with Crippen LogP contribution in [0.4, 0.5) is 5.69 Å². The van der Waals surface area contributed by atoms with Crippen LogP contribution in [0.1, 0.15) is 32.6 Å². The van der Waals surface area contributed by atoms with Crippen molar-refractivity contribution in [2.75, 3.05) is 19.4 Å². The Bertz CT molecular complexity index is 572. The summed E-state index contributed by atoms with van der Waals surface area (Å²) in [6.07, 6.45) is 3.78. The van der Waals surface area contributed by atoms with Crippen LogP contribution in [0.3, 0.4) is 0 Å². The van der Waals surface area contributed by atoms with Crippen LogP contribution in [0.25, 0.3) is 0 Å². The second-order valence-corrected chi connectivity index (χ2v) is 6.97. The first-order valence-electron chi connectivity index (χ1n) is 6.96. The van der Waals surface area contributed by atoms with Gasteiger partial charge in [-0.1, -0.05) is 13.3 Å². The molecule has 1 saturated heterocycles. The van der Waals surface area contributed by atoms with E-state index in [1.807, 2.05) is 6.92 Å². The van der Waals surface area contributed by atoms with E-state index in [2.05, 4.69) is 0 Å². The topological polar surface area (TPSA) is 72.6 Å². The number of hydrogen-bond donors (Lipinski definition) is 1. The fraction of sp³-hybridized carbons (Fsp3) is 0.571. The third-order valence-corrected chi connectivity index (χ3v) is 5.80. The number of anilines is 1. The van der Waals surface area contributed by atoms with E-state index in [1.54, 1.807) is 16.4 Å². The van der Waals surface area contributed by atoms with E-state index in [0.29, 0.717) is 18.0 Å². The van der Waals surface area contributed by atoms with Crippen molar-refractivity contribution in [2.24, 2.45) is 0 Å². The van der Waals surface area contributed by atoms with E-state index in [1.165, 1.54) is 13.2 Å². The minimum Gasteiger partial charge on any atom is -0.495 e. The van der Waals surface area contributed by atoms with Crippen molar-refractivity contribution in [3.63, 3.8) is 0 Å². The van der Waals surface area contributed by atoms with Crippen molar-refractivity contribution in [3.8, 4) is 5.75 Å². The molecular weight excluding hydrogens is 276 g/mol. The third kappa shape index (κ3) is 2.76. The fourth-order valence-corrected chi connectivity index (χ4v) is 4.51. The molecule has 1 heterocycles. The van der Waals surface area contributed by atoms with Crippen molar-refractivity contribution in [2.45, 2.75) is 43.5 Å². The Morgan fingerprint density at radius 3 is 2.75 bits per heavy atom. The smallest absolute Gasteiger partial charge is 0.243 e. The number of methoxy groups -OCH3 is 1. The normalized spacial score (nSPS) is 20.8. The molecule has 20 heavy (non-hydrogen) atoms. The molecule has 6 heteroatoms. The summed E-state index contributed by atoms with van der Waals surface area (Å²) < 4.78 is 32.2. The summed E-state index contributed by atoms with van der Waals surface area (Å²) in [7, 11) is -1.96. The Hall–Kier alpha value is -1.27. The first-order valence-corrected chi connectivity index (χ1v) is 8.40. The van der Waals surface area contributed by atoms with E-state index in [0.717, 1.165) is 25.7 Å². The minimum absolute atomic E-state index is 0.0945. The molecule has 1 atom stereocenters. The zero-order valence-electron chi connectivity index (χ0n) is 12.0. The average Bonchev–Trinajstić information content (AvgIpc) is 2.47. The van der Waals surface area contributed by atoms with Gasteiger partial charge in [0.05, 0.1) is 17.7 Å². The van der Waals surface area contributed by atoms with Gasteiger partial charge >= 0.3 is 0 Å². The van der Waals surface area contributed by atoms with Crippen LogP contribution in [0.5, 0.6) is 5.75 Å². The number of nitrogen functional groups attached to an aromatic ring is 1. The van der Waals surface area contributed by atoms with Crippen LogP contribution in [-0.4, -0.2) is 32.4 Å². The molecule has 0 saturated carbocycles. The second kappa shape index (κ2) is 6.01. The van der Waals surface area contributed by atoms with Crippen molar-refractivity contribution >= 4 is 15.7 Å². The van der Waals surface area contributed by atoms with E-state index in [-0.39, 0.29) is 10.9 Å². The zero-order chi connectivity index (χ0) is 14.8. The summed E-state index contributed by atoms with van der Waals surface area (Å²) >= 11 is 0. The lowest BCUT2D eigenvalue weighted by molar-refractivity contribution is 0.246. The Morgan fingerprint density at radius 1 is 1.40 bits per heavy atom. The third-order valence-electron chi connectivity index (χ3n) is 3.85. The van der Waals surface area contributed by atoms with Gasteiger partial charge in [0.1, 0.15) is 5.75 Å². The minimum atomic E-state index is -3.47. The number of piperidine rings is 1. The van der Waals surface area contributed by atoms with Gasteiger partial charge < -0.3 is 10.5 Å². The summed E-state index contributed by atoms with van der Waals surface area (Å²) in [5.74, 6) is 0.495. The van der Waals surface area contributed by atoms with E-state index in [4.69, 9.17) is 10.5 Å². The lowest BCUT2D eigenvalue weighted by Crippen LogP contribution is -2.43. The van der Waals surface area contributed by atoms with Gasteiger partial charge in [-0.25, -0.2) is 8.42 Å². The van der Waals surface area contributed by atoms with E-state index < -0.39 is 10.0 Å². The Kier molecular flexibility index (Phi) is 4.55. The molecule has 1 fully saturated rings. The van der Waals surface area contributed by atoms with E-state index >= 15 is 0 Å². The quantitative estimate of drug-likeness (QED) is 0.865. The van der Waals surface area contributed by atoms with Crippen molar-refractivity contribution < 1.29 is 13.2 Å². The maximum absolute atomic E-state index is 12.7. The van der Waals surface area contributed by atoms with Crippen LogP contribution < -0.4 is 10.5 Å². The SMILES string of the molecule is CCC1CCCCN1S(=O)(=O)c1ccc(OC)c(N)c1. The first-order chi connectivity index (χ1) is 9.50. The number of ether oxygens (including phenoxy) is 1. The number of hydrogen-bond acceptors (Lipinski definition) is 4. The molecule has 2 rings (SSSR count). The fourth-order valence-electron chi connectivity index (χ4n) is 2.71. The molecule has 5 nitrogen and oxygen atoms in total. The zero-order valence-corrected chi connectivity index (χ0v) is 12.8. The molecule has 0 bridgehead atoms. The standard InChI is InChI=1S/C14H22N2O3S/c1-3-11-6-4-5-9-16(11)20(17,18)12-7-8-14(19-2)13(15)10-12/h7-8,10-11H,3-6,9,15H2,1-2H3. The average molecular weight is 298 g/mol. The molecule has 1 unspecified atom stereocenters. The summed E-state index contributed by atoms with van der Waals surface area (Å²) in [6, 6.07) is 4.74. The summed E-state index contributed by atoms with van der Waals surface area (Å²) in [5.41, 5.74) is 6.16. The van der Waals surface area contributed by atoms with Crippen LogP contribution in [-0.2, 0) is 10.0 Å². The van der Waals surface area contributed by atoms with E-state index in [9.17, 15) is 8.42 Å². The van der Waals surface area contributed by atoms with Crippen LogP contribution in [0.15, 0.2) is 23.1 Å². The highest BCUT2D eigenvalue weighted by Crippen LogP contribution is 2.30. The van der Waals surface area contributed by atoms with Crippen molar-refractivity contribution in [3.05, 3.63) is 18.2 Å². The van der Waals surface area contributed by atoms with Crippen LogP contribution in [0, 0.1) is 0 Å². The van der Waals surface area contributed by atoms with Gasteiger partial charge in [0.2, 0.25) is 10.0 Å². The maximum Gasteiger partial charge on any atom is 0.243 e. The predicted octanol–water partition coefficient (Wildman–Crippen LogP) is 2.23. The van der Waals surface area contributed by atoms with Gasteiger partial charge in [-0.15, -0.1) is 0 Å². The molecule has 2 N–H and O–H groups in total. The first kappa shape index (κ1) is 15.1. The maximum atomic E-state index is 12.7. The van der Waals surface area contributed by atoms with Crippen molar-refractivity contribution in [1.29, 1.82) is 0 Å². The van der Waals surface area contributed by atoms with Gasteiger partial charge in [0, 0.05) is 12.6 Å². The molecule has 0 amide bonds. The molecule has 0 radical (unpaired) electrons. The summed E-state index contributed by atoms with van der Waals surface area (Å²) in [6.45, 7) is 2.62. The van der Waals surface area contributed by atoms with Crippen LogP contribution in [0.2, 0.25) is 0 Å². The lowest BCUT2D eigenvalue weighted by atomic mass is 10.0. The Morgan fingerprint density at radius 2 is 2.15 bits per heavy atom. The lowest BCUT2D eigenvalue weighted by Gasteiger charge is -2.34. The number of benzene rings is 1. The molecule has 0 spiro atoms.